The summed E-state index contributed by atoms with van der Waals surface area (Å²) in [5.41, 5.74) is 1.36. The summed E-state index contributed by atoms with van der Waals surface area (Å²) >= 11 is 0. The van der Waals surface area contributed by atoms with Gasteiger partial charge < -0.3 is 9.42 Å². The second-order valence-electron chi connectivity index (χ2n) is 7.87. The van der Waals surface area contributed by atoms with Crippen LogP contribution in [0.5, 0.6) is 0 Å². The number of amides is 1. The number of aromatic nitrogens is 2. The molecule has 2 fully saturated rings. The number of likely N-dealkylation sites (tertiary alicyclic amines) is 1. The van der Waals surface area contributed by atoms with Gasteiger partial charge in [0.25, 0.3) is 0 Å². The molecule has 1 aromatic heterocycles. The standard InChI is InChI=1S/C18H27N3O2/c1-11(2)9-14-15(18(14,4)5)17(22)21-8-6-7-13(10-21)16-19-12(3)20-23-16/h9,13-15H,6-8,10H2,1-5H3/t13-,14-,15+/m1/s1. The van der Waals surface area contributed by atoms with E-state index in [9.17, 15) is 4.79 Å². The van der Waals surface area contributed by atoms with Crippen LogP contribution in [0.25, 0.3) is 0 Å². The molecular weight excluding hydrogens is 290 g/mol. The molecule has 3 atom stereocenters. The Labute approximate surface area is 138 Å². The molecule has 0 bridgehead atoms. The van der Waals surface area contributed by atoms with Crippen molar-refractivity contribution in [2.24, 2.45) is 17.3 Å². The molecule has 23 heavy (non-hydrogen) atoms. The Kier molecular flexibility index (Phi) is 4.07. The number of allylic oxidation sites excluding steroid dienone is 2. The van der Waals surface area contributed by atoms with Crippen LogP contribution < -0.4 is 0 Å². The van der Waals surface area contributed by atoms with Crippen molar-refractivity contribution in [2.75, 3.05) is 13.1 Å². The van der Waals surface area contributed by atoms with Gasteiger partial charge in [0.2, 0.25) is 11.8 Å². The quantitative estimate of drug-likeness (QED) is 0.802. The van der Waals surface area contributed by atoms with E-state index >= 15 is 0 Å². The smallest absolute Gasteiger partial charge is 0.231 e. The Bertz CT molecular complexity index is 628. The molecule has 2 aliphatic rings. The Morgan fingerprint density at radius 1 is 1.39 bits per heavy atom. The highest BCUT2D eigenvalue weighted by atomic mass is 16.5. The molecule has 0 unspecified atom stereocenters. The van der Waals surface area contributed by atoms with E-state index in [1.165, 1.54) is 5.57 Å². The van der Waals surface area contributed by atoms with Gasteiger partial charge in [-0.05, 0) is 44.9 Å². The van der Waals surface area contributed by atoms with Gasteiger partial charge in [-0.2, -0.15) is 4.98 Å². The summed E-state index contributed by atoms with van der Waals surface area (Å²) in [6, 6.07) is 0. The van der Waals surface area contributed by atoms with Gasteiger partial charge in [-0.15, -0.1) is 0 Å². The molecule has 126 valence electrons. The maximum atomic E-state index is 13.0. The van der Waals surface area contributed by atoms with Crippen LogP contribution in [0, 0.1) is 24.2 Å². The van der Waals surface area contributed by atoms with Gasteiger partial charge in [-0.25, -0.2) is 0 Å². The largest absolute Gasteiger partial charge is 0.342 e. The predicted molar refractivity (Wildman–Crippen MR) is 87.8 cm³/mol. The van der Waals surface area contributed by atoms with E-state index in [0.717, 1.165) is 19.4 Å². The normalized spacial score (nSPS) is 29.3. The fraction of sp³-hybridized carbons (Fsp3) is 0.722. The Morgan fingerprint density at radius 3 is 2.74 bits per heavy atom. The number of rotatable bonds is 3. The lowest BCUT2D eigenvalue weighted by molar-refractivity contribution is -0.134. The van der Waals surface area contributed by atoms with E-state index in [1.807, 2.05) is 11.8 Å². The van der Waals surface area contributed by atoms with Crippen molar-refractivity contribution in [1.82, 2.24) is 15.0 Å². The van der Waals surface area contributed by atoms with Crippen molar-refractivity contribution in [1.29, 1.82) is 0 Å². The highest BCUT2D eigenvalue weighted by molar-refractivity contribution is 5.84. The average Bonchev–Trinajstić information content (AvgIpc) is 2.84. The van der Waals surface area contributed by atoms with Crippen molar-refractivity contribution in [3.63, 3.8) is 0 Å². The SMILES string of the molecule is CC(C)=C[C@@H]1[C@@H](C(=O)N2CCC[C@@H](c3nc(C)no3)C2)C1(C)C. The Morgan fingerprint density at radius 2 is 2.13 bits per heavy atom. The maximum Gasteiger partial charge on any atom is 0.231 e. The second kappa shape index (κ2) is 5.77. The molecule has 0 aromatic carbocycles. The van der Waals surface area contributed by atoms with Crippen molar-refractivity contribution in [3.05, 3.63) is 23.4 Å². The zero-order valence-electron chi connectivity index (χ0n) is 14.8. The van der Waals surface area contributed by atoms with Crippen LogP contribution in [0.15, 0.2) is 16.2 Å². The minimum absolute atomic E-state index is 0.0718. The molecule has 0 N–H and O–H groups in total. The zero-order chi connectivity index (χ0) is 16.8. The summed E-state index contributed by atoms with van der Waals surface area (Å²) in [5.74, 6) is 2.29. The topological polar surface area (TPSA) is 59.2 Å². The van der Waals surface area contributed by atoms with Gasteiger partial charge in [-0.1, -0.05) is 30.7 Å². The molecule has 0 radical (unpaired) electrons. The van der Waals surface area contributed by atoms with Crippen molar-refractivity contribution in [3.8, 4) is 0 Å². The molecule has 0 spiro atoms. The number of carbonyl (C=O) groups is 1. The molecule has 1 saturated carbocycles. The second-order valence-corrected chi connectivity index (χ2v) is 7.87. The van der Waals surface area contributed by atoms with Crippen LogP contribution >= 0.6 is 0 Å². The van der Waals surface area contributed by atoms with Crippen LogP contribution in [0.4, 0.5) is 0 Å². The van der Waals surface area contributed by atoms with Gasteiger partial charge in [0.05, 0.1) is 11.8 Å². The number of carbonyl (C=O) groups excluding carboxylic acids is 1. The first-order valence-electron chi connectivity index (χ1n) is 8.54. The molecule has 3 rings (SSSR count). The summed E-state index contributed by atoms with van der Waals surface area (Å²) in [4.78, 5) is 19.3. The first-order valence-corrected chi connectivity index (χ1v) is 8.54. The number of hydrogen-bond acceptors (Lipinski definition) is 4. The Balaban J connectivity index is 1.69. The minimum atomic E-state index is 0.0718. The molecule has 5 nitrogen and oxygen atoms in total. The van der Waals surface area contributed by atoms with E-state index in [-0.39, 0.29) is 17.3 Å². The molecule has 1 saturated heterocycles. The van der Waals surface area contributed by atoms with Gasteiger partial charge in [0.15, 0.2) is 5.82 Å². The van der Waals surface area contributed by atoms with Crippen LogP contribution in [0.2, 0.25) is 0 Å². The monoisotopic (exact) mass is 317 g/mol. The molecule has 1 aromatic rings. The summed E-state index contributed by atoms with van der Waals surface area (Å²) in [6.07, 6.45) is 4.26. The van der Waals surface area contributed by atoms with Crippen molar-refractivity contribution >= 4 is 5.91 Å². The van der Waals surface area contributed by atoms with Crippen LogP contribution in [-0.2, 0) is 4.79 Å². The fourth-order valence-electron chi connectivity index (χ4n) is 3.87. The fourth-order valence-corrected chi connectivity index (χ4v) is 3.87. The van der Waals surface area contributed by atoms with Crippen LogP contribution in [0.1, 0.15) is 58.2 Å². The van der Waals surface area contributed by atoms with E-state index < -0.39 is 0 Å². The number of hydrogen-bond donors (Lipinski definition) is 0. The molecule has 1 amide bonds. The maximum absolute atomic E-state index is 13.0. The molecule has 1 aliphatic carbocycles. The van der Waals surface area contributed by atoms with Gasteiger partial charge in [0.1, 0.15) is 0 Å². The highest BCUT2D eigenvalue weighted by Crippen LogP contribution is 2.60. The van der Waals surface area contributed by atoms with Crippen LogP contribution in [0.3, 0.4) is 0 Å². The van der Waals surface area contributed by atoms with Crippen LogP contribution in [-0.4, -0.2) is 34.0 Å². The predicted octanol–water partition coefficient (Wildman–Crippen LogP) is 3.32. The number of piperidine rings is 1. The minimum Gasteiger partial charge on any atom is -0.342 e. The summed E-state index contributed by atoms with van der Waals surface area (Å²) in [5, 5.41) is 3.88. The summed E-state index contributed by atoms with van der Waals surface area (Å²) in [7, 11) is 0. The van der Waals surface area contributed by atoms with E-state index in [1.54, 1.807) is 0 Å². The highest BCUT2D eigenvalue weighted by Gasteiger charge is 2.61. The zero-order valence-corrected chi connectivity index (χ0v) is 14.8. The van der Waals surface area contributed by atoms with E-state index in [2.05, 4.69) is 43.9 Å². The third-order valence-corrected chi connectivity index (χ3v) is 5.32. The van der Waals surface area contributed by atoms with Crippen molar-refractivity contribution in [2.45, 2.75) is 53.4 Å². The number of nitrogens with zero attached hydrogens (tertiary/aromatic N) is 3. The lowest BCUT2D eigenvalue weighted by atomic mass is 9.97. The van der Waals surface area contributed by atoms with Gasteiger partial charge >= 0.3 is 0 Å². The lowest BCUT2D eigenvalue weighted by Gasteiger charge is -2.31. The first-order chi connectivity index (χ1) is 10.8. The van der Waals surface area contributed by atoms with Gasteiger partial charge in [0, 0.05) is 13.1 Å². The molecule has 1 aliphatic heterocycles. The summed E-state index contributed by atoms with van der Waals surface area (Å²) in [6.45, 7) is 12.0. The molecule has 2 heterocycles. The lowest BCUT2D eigenvalue weighted by Crippen LogP contribution is -2.40. The Hall–Kier alpha value is -1.65. The summed E-state index contributed by atoms with van der Waals surface area (Å²) < 4.78 is 5.31. The average molecular weight is 317 g/mol. The van der Waals surface area contributed by atoms with Crippen molar-refractivity contribution < 1.29 is 9.32 Å². The van der Waals surface area contributed by atoms with Gasteiger partial charge in [-0.3, -0.25) is 4.79 Å². The third kappa shape index (κ3) is 3.06. The van der Waals surface area contributed by atoms with E-state index in [0.29, 0.717) is 30.1 Å². The molecular formula is C18H27N3O2. The third-order valence-electron chi connectivity index (χ3n) is 5.32. The molecule has 5 heteroatoms. The number of aryl methyl sites for hydroxylation is 1. The van der Waals surface area contributed by atoms with E-state index in [4.69, 9.17) is 4.52 Å². The first kappa shape index (κ1) is 16.2.